The van der Waals surface area contributed by atoms with Crippen LogP contribution in [-0.4, -0.2) is 39.6 Å². The first-order chi connectivity index (χ1) is 15.0. The first-order valence-corrected chi connectivity index (χ1v) is 10.4. The molecular weight excluding hydrogens is 403 g/mol. The fourth-order valence-corrected chi connectivity index (χ4v) is 3.44. The van der Waals surface area contributed by atoms with Crippen LogP contribution in [-0.2, 0) is 9.53 Å². The Morgan fingerprint density at radius 3 is 2.74 bits per heavy atom. The van der Waals surface area contributed by atoms with Crippen molar-refractivity contribution in [2.24, 2.45) is 11.7 Å². The molecule has 0 radical (unpaired) electrons. The van der Waals surface area contributed by atoms with E-state index in [4.69, 9.17) is 10.5 Å². The van der Waals surface area contributed by atoms with Crippen molar-refractivity contribution in [1.29, 1.82) is 0 Å². The first-order valence-electron chi connectivity index (χ1n) is 10.4. The lowest BCUT2D eigenvalue weighted by Gasteiger charge is -2.27. The average molecular weight is 430 g/mol. The summed E-state index contributed by atoms with van der Waals surface area (Å²) in [4.78, 5) is 35.6. The number of hydrogen-bond donors (Lipinski definition) is 3. The smallest absolute Gasteiger partial charge is 0.412 e. The summed E-state index contributed by atoms with van der Waals surface area (Å²) in [5, 5.41) is 5.74. The van der Waals surface area contributed by atoms with Gasteiger partial charge in [-0.15, -0.1) is 0 Å². The van der Waals surface area contributed by atoms with Crippen molar-refractivity contribution < 1.29 is 18.7 Å². The van der Waals surface area contributed by atoms with Crippen LogP contribution in [0.25, 0.3) is 11.3 Å². The van der Waals surface area contributed by atoms with E-state index in [0.717, 1.165) is 31.9 Å². The van der Waals surface area contributed by atoms with Crippen LogP contribution in [0, 0.1) is 11.7 Å². The molecule has 0 aliphatic heterocycles. The number of pyridine rings is 1. The lowest BCUT2D eigenvalue weighted by Crippen LogP contribution is -2.32. The Labute approximate surface area is 180 Å². The quantitative estimate of drug-likeness (QED) is 0.546. The third-order valence-electron chi connectivity index (χ3n) is 5.20. The van der Waals surface area contributed by atoms with Gasteiger partial charge < -0.3 is 15.8 Å². The minimum absolute atomic E-state index is 0.0847. The number of carbonyl (C=O) groups is 2. The predicted octanol–water partition coefficient (Wildman–Crippen LogP) is 3.48. The Balaban J connectivity index is 1.67. The summed E-state index contributed by atoms with van der Waals surface area (Å²) >= 11 is 0. The highest BCUT2D eigenvalue weighted by Gasteiger charge is 2.25. The number of nitrogens with zero attached hydrogens (tertiary/aromatic N) is 3. The third kappa shape index (κ3) is 6.34. The van der Waals surface area contributed by atoms with Gasteiger partial charge in [0.15, 0.2) is 5.82 Å². The number of anilines is 2. The SMILES string of the molecule is CCCCOC(=O)Nc1cc(-c2nc(NC3CCC(C(N)=O)CC3)ncc2F)ccn1. The predicted molar refractivity (Wildman–Crippen MR) is 114 cm³/mol. The number of primary amides is 1. The molecule has 3 rings (SSSR count). The lowest BCUT2D eigenvalue weighted by atomic mass is 9.86. The van der Waals surface area contributed by atoms with Crippen molar-refractivity contribution in [2.45, 2.75) is 51.5 Å². The number of carbonyl (C=O) groups excluding carboxylic acids is 2. The molecule has 1 aliphatic carbocycles. The van der Waals surface area contributed by atoms with Gasteiger partial charge in [-0.3, -0.25) is 10.1 Å². The van der Waals surface area contributed by atoms with Crippen LogP contribution in [0.5, 0.6) is 0 Å². The van der Waals surface area contributed by atoms with Crippen molar-refractivity contribution in [1.82, 2.24) is 15.0 Å². The fraction of sp³-hybridized carbons (Fsp3) is 0.476. The molecule has 4 N–H and O–H groups in total. The largest absolute Gasteiger partial charge is 0.449 e. The molecule has 0 saturated heterocycles. The van der Waals surface area contributed by atoms with Gasteiger partial charge in [-0.05, 0) is 44.2 Å². The first kappa shape index (κ1) is 22.4. The Hall–Kier alpha value is -3.30. The molecule has 0 unspecified atom stereocenters. The highest BCUT2D eigenvalue weighted by molar-refractivity contribution is 5.84. The van der Waals surface area contributed by atoms with Gasteiger partial charge >= 0.3 is 6.09 Å². The molecule has 2 heterocycles. The molecule has 2 aromatic rings. The summed E-state index contributed by atoms with van der Waals surface area (Å²) in [5.74, 6) is -0.430. The van der Waals surface area contributed by atoms with Gasteiger partial charge in [0.1, 0.15) is 11.5 Å². The second-order valence-corrected chi connectivity index (χ2v) is 7.53. The summed E-state index contributed by atoms with van der Waals surface area (Å²) in [6, 6.07) is 3.20. The second-order valence-electron chi connectivity index (χ2n) is 7.53. The normalized spacial score (nSPS) is 18.3. The maximum atomic E-state index is 14.4. The van der Waals surface area contributed by atoms with E-state index < -0.39 is 11.9 Å². The van der Waals surface area contributed by atoms with E-state index in [-0.39, 0.29) is 29.4 Å². The Morgan fingerprint density at radius 2 is 2.03 bits per heavy atom. The minimum Gasteiger partial charge on any atom is -0.449 e. The summed E-state index contributed by atoms with van der Waals surface area (Å²) in [6.07, 6.45) is 6.55. The van der Waals surface area contributed by atoms with Crippen molar-refractivity contribution in [3.8, 4) is 11.3 Å². The lowest BCUT2D eigenvalue weighted by molar-refractivity contribution is -0.122. The van der Waals surface area contributed by atoms with Gasteiger partial charge in [0.05, 0.1) is 12.8 Å². The van der Waals surface area contributed by atoms with E-state index in [9.17, 15) is 14.0 Å². The molecule has 9 nitrogen and oxygen atoms in total. The minimum atomic E-state index is -0.616. The van der Waals surface area contributed by atoms with E-state index in [0.29, 0.717) is 31.0 Å². The summed E-state index contributed by atoms with van der Waals surface area (Å²) in [5.41, 5.74) is 5.91. The number of aromatic nitrogens is 3. The van der Waals surface area contributed by atoms with Crippen LogP contribution in [0.15, 0.2) is 24.5 Å². The van der Waals surface area contributed by atoms with Crippen LogP contribution >= 0.6 is 0 Å². The number of ether oxygens (including phenoxy) is 1. The van der Waals surface area contributed by atoms with E-state index in [2.05, 4.69) is 25.6 Å². The number of nitrogens with one attached hydrogen (secondary N) is 2. The molecule has 10 heteroatoms. The molecule has 0 bridgehead atoms. The zero-order valence-corrected chi connectivity index (χ0v) is 17.4. The molecule has 0 spiro atoms. The molecule has 1 saturated carbocycles. The molecule has 2 amide bonds. The standard InChI is InChI=1S/C21H27FN6O3/c1-2-3-10-31-21(30)27-17-11-14(8-9-24-17)18-16(22)12-25-20(28-18)26-15-6-4-13(5-7-15)19(23)29/h8-9,11-13,15H,2-7,10H2,1H3,(H2,23,29)(H,24,27,30)(H,25,26,28). The maximum absolute atomic E-state index is 14.4. The summed E-state index contributed by atoms with van der Waals surface area (Å²) < 4.78 is 19.5. The van der Waals surface area contributed by atoms with Gasteiger partial charge in [-0.2, -0.15) is 0 Å². The molecule has 31 heavy (non-hydrogen) atoms. The summed E-state index contributed by atoms with van der Waals surface area (Å²) in [7, 11) is 0. The molecule has 1 fully saturated rings. The van der Waals surface area contributed by atoms with E-state index >= 15 is 0 Å². The zero-order valence-electron chi connectivity index (χ0n) is 17.4. The molecule has 0 aromatic carbocycles. The van der Waals surface area contributed by atoms with Crippen molar-refractivity contribution in [3.63, 3.8) is 0 Å². The van der Waals surface area contributed by atoms with Crippen LogP contribution in [0.2, 0.25) is 0 Å². The average Bonchev–Trinajstić information content (AvgIpc) is 2.76. The molecule has 166 valence electrons. The van der Waals surface area contributed by atoms with Gasteiger partial charge in [0.25, 0.3) is 0 Å². The highest BCUT2D eigenvalue weighted by Crippen LogP contribution is 2.27. The van der Waals surface area contributed by atoms with Gasteiger partial charge in [0.2, 0.25) is 11.9 Å². The van der Waals surface area contributed by atoms with Gasteiger partial charge in [0, 0.05) is 23.7 Å². The number of hydrogen-bond acceptors (Lipinski definition) is 7. The topological polar surface area (TPSA) is 132 Å². The van der Waals surface area contributed by atoms with Gasteiger partial charge in [-0.25, -0.2) is 24.1 Å². The number of unbranched alkanes of at least 4 members (excludes halogenated alkanes) is 1. The number of halogens is 1. The molecular formula is C21H27FN6O3. The second kappa shape index (κ2) is 10.6. The number of nitrogens with two attached hydrogens (primary N) is 1. The number of rotatable bonds is 8. The Kier molecular flexibility index (Phi) is 7.69. The van der Waals surface area contributed by atoms with E-state index in [1.165, 1.54) is 12.3 Å². The monoisotopic (exact) mass is 430 g/mol. The maximum Gasteiger partial charge on any atom is 0.412 e. The highest BCUT2D eigenvalue weighted by atomic mass is 19.1. The van der Waals surface area contributed by atoms with E-state index in [1.54, 1.807) is 6.07 Å². The number of amides is 2. The summed E-state index contributed by atoms with van der Waals surface area (Å²) in [6.45, 7) is 2.32. The Morgan fingerprint density at radius 1 is 1.26 bits per heavy atom. The van der Waals surface area contributed by atoms with Crippen LogP contribution in [0.3, 0.4) is 0 Å². The Bertz CT molecular complexity index is 918. The third-order valence-corrected chi connectivity index (χ3v) is 5.20. The molecule has 2 aromatic heterocycles. The van der Waals surface area contributed by atoms with Crippen molar-refractivity contribution in [2.75, 3.05) is 17.2 Å². The van der Waals surface area contributed by atoms with Crippen molar-refractivity contribution in [3.05, 3.63) is 30.3 Å². The fourth-order valence-electron chi connectivity index (χ4n) is 3.44. The van der Waals surface area contributed by atoms with Crippen molar-refractivity contribution >= 4 is 23.8 Å². The van der Waals surface area contributed by atoms with Crippen LogP contribution in [0.4, 0.5) is 21.0 Å². The van der Waals surface area contributed by atoms with Gasteiger partial charge in [-0.1, -0.05) is 13.3 Å². The molecule has 0 atom stereocenters. The zero-order chi connectivity index (χ0) is 22.2. The van der Waals surface area contributed by atoms with Crippen LogP contribution < -0.4 is 16.4 Å². The van der Waals surface area contributed by atoms with E-state index in [1.807, 2.05) is 6.92 Å². The van der Waals surface area contributed by atoms with Crippen LogP contribution in [0.1, 0.15) is 45.4 Å². The molecule has 1 aliphatic rings.